The minimum absolute atomic E-state index is 0.0661. The molecule has 8 heteroatoms. The van der Waals surface area contributed by atoms with Crippen LogP contribution in [0.4, 0.5) is 4.39 Å². The highest BCUT2D eigenvalue weighted by Gasteiger charge is 2.25. The molecule has 0 spiro atoms. The van der Waals surface area contributed by atoms with Gasteiger partial charge in [-0.25, -0.2) is 14.2 Å². The molecule has 1 aromatic heterocycles. The van der Waals surface area contributed by atoms with Crippen molar-refractivity contribution < 1.29 is 19.0 Å². The van der Waals surface area contributed by atoms with Gasteiger partial charge in [0.15, 0.2) is 5.69 Å². The fourth-order valence-electron chi connectivity index (χ4n) is 2.47. The van der Waals surface area contributed by atoms with Crippen LogP contribution in [0.5, 0.6) is 0 Å². The number of hydrogen-bond donors (Lipinski definition) is 1. The number of carboxylic acid groups (broad SMARTS) is 1. The molecule has 122 valence electrons. The van der Waals surface area contributed by atoms with Crippen LogP contribution in [-0.4, -0.2) is 40.7 Å². The molecule has 0 saturated carbocycles. The summed E-state index contributed by atoms with van der Waals surface area (Å²) >= 11 is 7.42. The summed E-state index contributed by atoms with van der Waals surface area (Å²) < 4.78 is 18.9. The fraction of sp³-hybridized carbons (Fsp3) is 0.333. The van der Waals surface area contributed by atoms with Crippen molar-refractivity contribution in [1.29, 1.82) is 0 Å². The van der Waals surface area contributed by atoms with E-state index in [1.165, 1.54) is 28.8 Å². The Kier molecular flexibility index (Phi) is 4.91. The molecular formula is C15H14ClFN2O3S. The quantitative estimate of drug-likeness (QED) is 0.911. The van der Waals surface area contributed by atoms with Crippen molar-refractivity contribution in [2.45, 2.75) is 12.6 Å². The van der Waals surface area contributed by atoms with Crippen LogP contribution in [0.3, 0.4) is 0 Å². The Hall–Kier alpha value is -1.54. The first-order chi connectivity index (χ1) is 11.0. The number of rotatable bonds is 4. The van der Waals surface area contributed by atoms with Gasteiger partial charge in [-0.15, -0.1) is 11.3 Å². The first-order valence-corrected chi connectivity index (χ1v) is 8.25. The van der Waals surface area contributed by atoms with Gasteiger partial charge in [0.25, 0.3) is 0 Å². The smallest absolute Gasteiger partial charge is 0.355 e. The van der Waals surface area contributed by atoms with Crippen molar-refractivity contribution in [3.8, 4) is 0 Å². The van der Waals surface area contributed by atoms with E-state index in [2.05, 4.69) is 9.88 Å². The van der Waals surface area contributed by atoms with Crippen LogP contribution in [0, 0.1) is 5.82 Å². The second-order valence-electron chi connectivity index (χ2n) is 5.19. The average molecular weight is 357 g/mol. The Morgan fingerprint density at radius 3 is 3.09 bits per heavy atom. The SMILES string of the molecule is O=C(O)c1csc(CN2CCOC(c3ccc(F)cc3Cl)C2)n1. The van der Waals surface area contributed by atoms with E-state index < -0.39 is 5.97 Å². The second-order valence-corrected chi connectivity index (χ2v) is 6.54. The molecule has 1 unspecified atom stereocenters. The van der Waals surface area contributed by atoms with E-state index >= 15 is 0 Å². The number of nitrogens with zero attached hydrogens (tertiary/aromatic N) is 2. The van der Waals surface area contributed by atoms with Gasteiger partial charge in [-0.05, 0) is 12.1 Å². The van der Waals surface area contributed by atoms with Crippen LogP contribution in [0.1, 0.15) is 27.2 Å². The standard InChI is InChI=1S/C15H14ClFN2O3S/c16-11-5-9(17)1-2-10(11)13-6-19(3-4-22-13)7-14-18-12(8-23-14)15(20)21/h1-2,5,8,13H,3-4,6-7H2,(H,20,21). The molecule has 2 aromatic rings. The maximum Gasteiger partial charge on any atom is 0.355 e. The van der Waals surface area contributed by atoms with Crippen LogP contribution in [0.2, 0.25) is 5.02 Å². The van der Waals surface area contributed by atoms with Crippen LogP contribution in [0.15, 0.2) is 23.6 Å². The predicted molar refractivity (Wildman–Crippen MR) is 84.5 cm³/mol. The molecular weight excluding hydrogens is 343 g/mol. The number of morpholine rings is 1. The number of halogens is 2. The number of hydrogen-bond acceptors (Lipinski definition) is 5. The highest BCUT2D eigenvalue weighted by atomic mass is 35.5. The topological polar surface area (TPSA) is 62.7 Å². The molecule has 23 heavy (non-hydrogen) atoms. The number of thiazole rings is 1. The van der Waals surface area contributed by atoms with E-state index in [-0.39, 0.29) is 17.6 Å². The second kappa shape index (κ2) is 6.92. The third-order valence-electron chi connectivity index (χ3n) is 3.59. The molecule has 0 bridgehead atoms. The fourth-order valence-corrected chi connectivity index (χ4v) is 3.57. The van der Waals surface area contributed by atoms with Crippen LogP contribution in [-0.2, 0) is 11.3 Å². The van der Waals surface area contributed by atoms with E-state index in [9.17, 15) is 9.18 Å². The lowest BCUT2D eigenvalue weighted by Gasteiger charge is -2.33. The summed E-state index contributed by atoms with van der Waals surface area (Å²) in [4.78, 5) is 17.1. The zero-order valence-electron chi connectivity index (χ0n) is 12.0. The molecule has 2 heterocycles. The Labute approximate surface area is 141 Å². The highest BCUT2D eigenvalue weighted by Crippen LogP contribution is 2.29. The lowest BCUT2D eigenvalue weighted by Crippen LogP contribution is -2.37. The molecule has 1 atom stereocenters. The van der Waals surface area contributed by atoms with Gasteiger partial charge in [0.05, 0.1) is 19.3 Å². The summed E-state index contributed by atoms with van der Waals surface area (Å²) in [5, 5.41) is 11.5. The van der Waals surface area contributed by atoms with Gasteiger partial charge in [-0.3, -0.25) is 4.90 Å². The normalized spacial score (nSPS) is 19.0. The van der Waals surface area contributed by atoms with Crippen molar-refractivity contribution in [3.05, 3.63) is 50.7 Å². The summed E-state index contributed by atoms with van der Waals surface area (Å²) in [6, 6.07) is 4.28. The average Bonchev–Trinajstić information content (AvgIpc) is 2.96. The molecule has 0 aliphatic carbocycles. The molecule has 1 aliphatic heterocycles. The van der Waals surface area contributed by atoms with Crippen molar-refractivity contribution in [3.63, 3.8) is 0 Å². The van der Waals surface area contributed by atoms with Gasteiger partial charge in [-0.1, -0.05) is 17.7 Å². The molecule has 0 amide bonds. The van der Waals surface area contributed by atoms with Gasteiger partial charge < -0.3 is 9.84 Å². The van der Waals surface area contributed by atoms with Crippen LogP contribution in [0.25, 0.3) is 0 Å². The van der Waals surface area contributed by atoms with Crippen molar-refractivity contribution in [2.75, 3.05) is 19.7 Å². The molecule has 0 radical (unpaired) electrons. The third-order valence-corrected chi connectivity index (χ3v) is 4.75. The predicted octanol–water partition coefficient (Wildman–Crippen LogP) is 3.21. The number of carboxylic acids is 1. The molecule has 5 nitrogen and oxygen atoms in total. The first-order valence-electron chi connectivity index (χ1n) is 6.99. The number of aromatic carboxylic acids is 1. The van der Waals surface area contributed by atoms with Gasteiger partial charge >= 0.3 is 5.97 Å². The summed E-state index contributed by atoms with van der Waals surface area (Å²) in [7, 11) is 0. The van der Waals surface area contributed by atoms with Gasteiger partial charge in [-0.2, -0.15) is 0 Å². The molecule has 1 saturated heterocycles. The summed E-state index contributed by atoms with van der Waals surface area (Å²) in [5.41, 5.74) is 0.819. The van der Waals surface area contributed by atoms with Gasteiger partial charge in [0, 0.05) is 29.1 Å². The lowest BCUT2D eigenvalue weighted by atomic mass is 10.1. The third kappa shape index (κ3) is 3.87. The Morgan fingerprint density at radius 1 is 1.57 bits per heavy atom. The minimum Gasteiger partial charge on any atom is -0.476 e. The maximum atomic E-state index is 13.2. The van der Waals surface area contributed by atoms with Gasteiger partial charge in [0.1, 0.15) is 10.8 Å². The highest BCUT2D eigenvalue weighted by molar-refractivity contribution is 7.09. The van der Waals surface area contributed by atoms with Crippen LogP contribution >= 0.6 is 22.9 Å². The molecule has 3 rings (SSSR count). The van der Waals surface area contributed by atoms with E-state index in [0.29, 0.717) is 24.7 Å². The Bertz CT molecular complexity index is 724. The lowest BCUT2D eigenvalue weighted by molar-refractivity contribution is -0.0329. The van der Waals surface area contributed by atoms with Crippen molar-refractivity contribution in [2.24, 2.45) is 0 Å². The zero-order chi connectivity index (χ0) is 16.4. The number of carbonyl (C=O) groups is 1. The van der Waals surface area contributed by atoms with Crippen molar-refractivity contribution in [1.82, 2.24) is 9.88 Å². The summed E-state index contributed by atoms with van der Waals surface area (Å²) in [5.74, 6) is -1.40. The number of aromatic nitrogens is 1. The monoisotopic (exact) mass is 356 g/mol. The molecule has 1 aliphatic rings. The molecule has 1 N–H and O–H groups in total. The zero-order valence-corrected chi connectivity index (χ0v) is 13.6. The van der Waals surface area contributed by atoms with Crippen LogP contribution < -0.4 is 0 Å². The first kappa shape index (κ1) is 16.3. The van der Waals surface area contributed by atoms with E-state index in [4.69, 9.17) is 21.4 Å². The number of benzene rings is 1. The summed E-state index contributed by atoms with van der Waals surface area (Å²) in [6.07, 6.45) is -0.240. The van der Waals surface area contributed by atoms with E-state index in [1.54, 1.807) is 6.07 Å². The van der Waals surface area contributed by atoms with E-state index in [1.807, 2.05) is 0 Å². The maximum absolute atomic E-state index is 13.2. The Balaban J connectivity index is 1.69. The van der Waals surface area contributed by atoms with E-state index in [0.717, 1.165) is 17.1 Å². The Morgan fingerprint density at radius 2 is 2.39 bits per heavy atom. The largest absolute Gasteiger partial charge is 0.476 e. The summed E-state index contributed by atoms with van der Waals surface area (Å²) in [6.45, 7) is 2.39. The van der Waals surface area contributed by atoms with Crippen molar-refractivity contribution >= 4 is 28.9 Å². The van der Waals surface area contributed by atoms with Gasteiger partial charge in [0.2, 0.25) is 0 Å². The number of ether oxygens (including phenoxy) is 1. The minimum atomic E-state index is -1.02. The molecule has 1 aromatic carbocycles. The molecule has 1 fully saturated rings.